The van der Waals surface area contributed by atoms with Crippen molar-refractivity contribution in [3.63, 3.8) is 0 Å². The Balaban J connectivity index is 1.93. The SMILES string of the molecule is Fc1cccc(Nc2ncnc3c2CCNC3)c1. The van der Waals surface area contributed by atoms with Gasteiger partial charge in [0.15, 0.2) is 0 Å². The predicted octanol–water partition coefficient (Wildman–Crippen LogP) is 2.00. The highest BCUT2D eigenvalue weighted by Crippen LogP contribution is 2.22. The van der Waals surface area contributed by atoms with Crippen LogP contribution in [0.15, 0.2) is 30.6 Å². The predicted molar refractivity (Wildman–Crippen MR) is 67.1 cm³/mol. The highest BCUT2D eigenvalue weighted by Gasteiger charge is 2.14. The van der Waals surface area contributed by atoms with Crippen molar-refractivity contribution in [2.24, 2.45) is 0 Å². The van der Waals surface area contributed by atoms with Gasteiger partial charge in [0.1, 0.15) is 18.0 Å². The van der Waals surface area contributed by atoms with Gasteiger partial charge in [0.2, 0.25) is 0 Å². The van der Waals surface area contributed by atoms with Crippen LogP contribution < -0.4 is 10.6 Å². The first-order valence-electron chi connectivity index (χ1n) is 5.89. The molecule has 92 valence electrons. The quantitative estimate of drug-likeness (QED) is 0.848. The second-order valence-electron chi connectivity index (χ2n) is 4.21. The number of benzene rings is 1. The molecule has 0 saturated carbocycles. The molecule has 1 aliphatic heterocycles. The van der Waals surface area contributed by atoms with Crippen LogP contribution in [-0.4, -0.2) is 16.5 Å². The number of nitrogens with zero attached hydrogens (tertiary/aromatic N) is 2. The van der Waals surface area contributed by atoms with Crippen LogP contribution in [0.3, 0.4) is 0 Å². The van der Waals surface area contributed by atoms with E-state index in [-0.39, 0.29) is 5.82 Å². The van der Waals surface area contributed by atoms with Gasteiger partial charge in [-0.15, -0.1) is 0 Å². The molecule has 5 heteroatoms. The molecule has 1 aromatic carbocycles. The lowest BCUT2D eigenvalue weighted by Crippen LogP contribution is -2.25. The van der Waals surface area contributed by atoms with Gasteiger partial charge in [0, 0.05) is 17.8 Å². The molecule has 0 saturated heterocycles. The first-order chi connectivity index (χ1) is 8.83. The van der Waals surface area contributed by atoms with E-state index >= 15 is 0 Å². The van der Waals surface area contributed by atoms with Gasteiger partial charge in [-0.3, -0.25) is 0 Å². The number of halogens is 1. The van der Waals surface area contributed by atoms with Crippen LogP contribution in [0.25, 0.3) is 0 Å². The Kier molecular flexibility index (Phi) is 2.90. The zero-order valence-electron chi connectivity index (χ0n) is 9.78. The average Bonchev–Trinajstić information content (AvgIpc) is 2.39. The summed E-state index contributed by atoms with van der Waals surface area (Å²) >= 11 is 0. The summed E-state index contributed by atoms with van der Waals surface area (Å²) < 4.78 is 13.1. The van der Waals surface area contributed by atoms with Gasteiger partial charge in [0.05, 0.1) is 5.69 Å². The van der Waals surface area contributed by atoms with Gasteiger partial charge in [-0.1, -0.05) is 6.07 Å². The third kappa shape index (κ3) is 2.17. The molecule has 2 heterocycles. The van der Waals surface area contributed by atoms with Gasteiger partial charge in [0.25, 0.3) is 0 Å². The lowest BCUT2D eigenvalue weighted by Gasteiger charge is -2.19. The molecule has 0 atom stereocenters. The molecule has 0 bridgehead atoms. The van der Waals surface area contributed by atoms with Crippen LogP contribution in [0.5, 0.6) is 0 Å². The molecule has 4 nitrogen and oxygen atoms in total. The minimum Gasteiger partial charge on any atom is -0.340 e. The molecule has 0 radical (unpaired) electrons. The lowest BCUT2D eigenvalue weighted by molar-refractivity contribution is 0.624. The van der Waals surface area contributed by atoms with Crippen LogP contribution in [0, 0.1) is 5.82 Å². The smallest absolute Gasteiger partial charge is 0.137 e. The number of hydrogen-bond donors (Lipinski definition) is 2. The first kappa shape index (κ1) is 11.1. The highest BCUT2D eigenvalue weighted by atomic mass is 19.1. The maximum Gasteiger partial charge on any atom is 0.137 e. The van der Waals surface area contributed by atoms with Crippen LogP contribution in [0.4, 0.5) is 15.9 Å². The van der Waals surface area contributed by atoms with Gasteiger partial charge in [-0.2, -0.15) is 0 Å². The summed E-state index contributed by atoms with van der Waals surface area (Å²) in [6, 6.07) is 6.37. The van der Waals surface area contributed by atoms with E-state index in [2.05, 4.69) is 20.6 Å². The van der Waals surface area contributed by atoms with E-state index < -0.39 is 0 Å². The maximum atomic E-state index is 13.1. The fourth-order valence-corrected chi connectivity index (χ4v) is 2.09. The molecule has 1 aromatic heterocycles. The fourth-order valence-electron chi connectivity index (χ4n) is 2.09. The lowest BCUT2D eigenvalue weighted by atomic mass is 10.1. The van der Waals surface area contributed by atoms with Crippen molar-refractivity contribution in [2.75, 3.05) is 11.9 Å². The molecule has 0 aliphatic carbocycles. The van der Waals surface area contributed by atoms with Crippen molar-refractivity contribution in [2.45, 2.75) is 13.0 Å². The molecule has 2 N–H and O–H groups in total. The molecule has 3 rings (SSSR count). The van der Waals surface area contributed by atoms with Gasteiger partial charge >= 0.3 is 0 Å². The molecule has 1 aliphatic rings. The number of rotatable bonds is 2. The van der Waals surface area contributed by atoms with Crippen LogP contribution in [0.1, 0.15) is 11.3 Å². The Morgan fingerprint density at radius 1 is 1.28 bits per heavy atom. The molecular weight excluding hydrogens is 231 g/mol. The molecule has 18 heavy (non-hydrogen) atoms. The molecular formula is C13H13FN4. The normalized spacial score (nSPS) is 14.1. The summed E-state index contributed by atoms with van der Waals surface area (Å²) in [5.74, 6) is 0.511. The van der Waals surface area contributed by atoms with Crippen molar-refractivity contribution in [3.8, 4) is 0 Å². The molecule has 0 spiro atoms. The Hall–Kier alpha value is -2.01. The van der Waals surface area contributed by atoms with E-state index in [0.717, 1.165) is 36.6 Å². The maximum absolute atomic E-state index is 13.1. The minimum atomic E-state index is -0.260. The van der Waals surface area contributed by atoms with Crippen molar-refractivity contribution < 1.29 is 4.39 Å². The summed E-state index contributed by atoms with van der Waals surface area (Å²) in [5.41, 5.74) is 2.82. The number of nitrogens with one attached hydrogen (secondary N) is 2. The van der Waals surface area contributed by atoms with Crippen molar-refractivity contribution in [1.29, 1.82) is 0 Å². The molecule has 0 unspecified atom stereocenters. The van der Waals surface area contributed by atoms with Crippen LogP contribution >= 0.6 is 0 Å². The van der Waals surface area contributed by atoms with E-state index in [0.29, 0.717) is 5.69 Å². The van der Waals surface area contributed by atoms with Crippen LogP contribution in [-0.2, 0) is 13.0 Å². The number of anilines is 2. The first-order valence-corrected chi connectivity index (χ1v) is 5.89. The zero-order chi connectivity index (χ0) is 12.4. The van der Waals surface area contributed by atoms with E-state index in [1.54, 1.807) is 6.07 Å². The van der Waals surface area contributed by atoms with E-state index in [9.17, 15) is 4.39 Å². The molecule has 0 amide bonds. The number of aromatic nitrogens is 2. The van der Waals surface area contributed by atoms with Crippen molar-refractivity contribution in [1.82, 2.24) is 15.3 Å². The van der Waals surface area contributed by atoms with E-state index in [1.807, 2.05) is 6.07 Å². The number of hydrogen-bond acceptors (Lipinski definition) is 4. The van der Waals surface area contributed by atoms with Gasteiger partial charge in [-0.25, -0.2) is 14.4 Å². The largest absolute Gasteiger partial charge is 0.340 e. The minimum absolute atomic E-state index is 0.260. The Morgan fingerprint density at radius 2 is 2.22 bits per heavy atom. The topological polar surface area (TPSA) is 49.8 Å². The monoisotopic (exact) mass is 244 g/mol. The van der Waals surface area contributed by atoms with Crippen molar-refractivity contribution >= 4 is 11.5 Å². The standard InChI is InChI=1S/C13H13FN4/c14-9-2-1-3-10(6-9)18-13-11-4-5-15-7-12(11)16-8-17-13/h1-3,6,8,15H,4-5,7H2,(H,16,17,18). The molecule has 2 aromatic rings. The summed E-state index contributed by atoms with van der Waals surface area (Å²) in [7, 11) is 0. The number of fused-ring (bicyclic) bond motifs is 1. The molecule has 0 fully saturated rings. The van der Waals surface area contributed by atoms with Gasteiger partial charge in [-0.05, 0) is 31.2 Å². The highest BCUT2D eigenvalue weighted by molar-refractivity contribution is 5.60. The van der Waals surface area contributed by atoms with Crippen molar-refractivity contribution in [3.05, 3.63) is 47.7 Å². The third-order valence-electron chi connectivity index (χ3n) is 2.97. The van der Waals surface area contributed by atoms with Gasteiger partial charge < -0.3 is 10.6 Å². The summed E-state index contributed by atoms with van der Waals surface area (Å²) in [6.45, 7) is 1.67. The van der Waals surface area contributed by atoms with Crippen LogP contribution in [0.2, 0.25) is 0 Å². The summed E-state index contributed by atoms with van der Waals surface area (Å²) in [6.07, 6.45) is 2.42. The zero-order valence-corrected chi connectivity index (χ0v) is 9.78. The Bertz CT molecular complexity index is 571. The average molecular weight is 244 g/mol. The second kappa shape index (κ2) is 4.70. The Morgan fingerprint density at radius 3 is 3.11 bits per heavy atom. The van der Waals surface area contributed by atoms with E-state index in [4.69, 9.17) is 0 Å². The second-order valence-corrected chi connectivity index (χ2v) is 4.21. The van der Waals surface area contributed by atoms with E-state index in [1.165, 1.54) is 18.5 Å². The summed E-state index contributed by atoms with van der Waals surface area (Å²) in [5, 5.41) is 6.42. The fraction of sp³-hybridized carbons (Fsp3) is 0.231. The summed E-state index contributed by atoms with van der Waals surface area (Å²) in [4.78, 5) is 8.50. The third-order valence-corrected chi connectivity index (χ3v) is 2.97. The Labute approximate surface area is 104 Å².